The Morgan fingerprint density at radius 1 is 1.12 bits per heavy atom. The maximum atomic E-state index is 13.9. The van der Waals surface area contributed by atoms with E-state index in [9.17, 15) is 27.9 Å². The summed E-state index contributed by atoms with van der Waals surface area (Å²) in [6.07, 6.45) is -1.46. The third kappa shape index (κ3) is 3.72. The normalized spacial score (nSPS) is 22.8. The van der Waals surface area contributed by atoms with Crippen molar-refractivity contribution in [3.8, 4) is 5.75 Å². The average molecular weight is 389 g/mol. The van der Waals surface area contributed by atoms with E-state index in [0.717, 1.165) is 30.3 Å². The van der Waals surface area contributed by atoms with Crippen molar-refractivity contribution < 1.29 is 36.2 Å². The number of nitrogens with zero attached hydrogens (tertiary/aromatic N) is 1. The van der Waals surface area contributed by atoms with E-state index < -0.39 is 41.9 Å². The zero-order valence-electron chi connectivity index (χ0n) is 12.9. The minimum atomic E-state index is -4.28. The first-order chi connectivity index (χ1) is 12.3. The van der Waals surface area contributed by atoms with Gasteiger partial charge in [0.15, 0.2) is 11.6 Å². The molecule has 2 aromatic rings. The van der Waals surface area contributed by atoms with Crippen molar-refractivity contribution >= 4 is 13.5 Å². The second-order valence-electron chi connectivity index (χ2n) is 5.26. The second kappa shape index (κ2) is 7.06. The summed E-state index contributed by atoms with van der Waals surface area (Å²) in [5, 5.41) is 10.6. The van der Waals surface area contributed by atoms with Gasteiger partial charge in [0.2, 0.25) is 0 Å². The number of rotatable bonds is 4. The highest BCUT2D eigenvalue weighted by molar-refractivity contribution is 7.49. The predicted octanol–water partition coefficient (Wildman–Crippen LogP) is 4.68. The van der Waals surface area contributed by atoms with Crippen LogP contribution in [-0.4, -0.2) is 11.5 Å². The Bertz CT molecular complexity index is 892. The fourth-order valence-corrected chi connectivity index (χ4v) is 3.74. The number of phosphoric acid groups is 1. The van der Waals surface area contributed by atoms with Crippen molar-refractivity contribution in [2.75, 3.05) is 6.61 Å². The van der Waals surface area contributed by atoms with Crippen LogP contribution in [0.1, 0.15) is 18.1 Å². The van der Waals surface area contributed by atoms with Gasteiger partial charge in [-0.2, -0.15) is 0 Å². The molecule has 7 nitrogen and oxygen atoms in total. The molecule has 2 atom stereocenters. The predicted molar refractivity (Wildman–Crippen MR) is 82.0 cm³/mol. The maximum absolute atomic E-state index is 13.9. The molecule has 0 spiro atoms. The third-order valence-electron chi connectivity index (χ3n) is 3.55. The van der Waals surface area contributed by atoms with E-state index in [-0.39, 0.29) is 24.5 Å². The van der Waals surface area contributed by atoms with Crippen LogP contribution in [0.2, 0.25) is 0 Å². The van der Waals surface area contributed by atoms with E-state index in [1.807, 2.05) is 0 Å². The van der Waals surface area contributed by atoms with Crippen LogP contribution in [0.25, 0.3) is 0 Å². The SMILES string of the molecule is O=[N+]([O-])c1ccc(O[P@]2(=O)OCC[C@@H](c3c(F)ccc(F)c3F)O2)cc1. The van der Waals surface area contributed by atoms with Crippen LogP contribution in [0.3, 0.4) is 0 Å². The molecule has 3 rings (SSSR count). The molecule has 2 aromatic carbocycles. The number of nitro groups is 1. The Balaban J connectivity index is 1.82. The number of hydrogen-bond acceptors (Lipinski definition) is 6. The highest BCUT2D eigenvalue weighted by Crippen LogP contribution is 2.57. The maximum Gasteiger partial charge on any atom is 0.530 e. The third-order valence-corrected chi connectivity index (χ3v) is 5.00. The van der Waals surface area contributed by atoms with E-state index in [1.54, 1.807) is 0 Å². The molecule has 11 heteroatoms. The van der Waals surface area contributed by atoms with Crippen molar-refractivity contribution in [1.29, 1.82) is 0 Å². The first-order valence-electron chi connectivity index (χ1n) is 7.29. The summed E-state index contributed by atoms with van der Waals surface area (Å²) < 4.78 is 68.9. The molecule has 0 N–H and O–H groups in total. The fourth-order valence-electron chi connectivity index (χ4n) is 2.35. The van der Waals surface area contributed by atoms with Crippen LogP contribution >= 0.6 is 7.82 Å². The van der Waals surface area contributed by atoms with Gasteiger partial charge in [-0.15, -0.1) is 0 Å². The number of benzene rings is 2. The molecule has 138 valence electrons. The van der Waals surface area contributed by atoms with Gasteiger partial charge >= 0.3 is 7.82 Å². The van der Waals surface area contributed by atoms with E-state index >= 15 is 0 Å². The van der Waals surface area contributed by atoms with Crippen molar-refractivity contribution in [2.45, 2.75) is 12.5 Å². The zero-order chi connectivity index (χ0) is 18.9. The second-order valence-corrected chi connectivity index (χ2v) is 6.81. The molecule has 1 saturated heterocycles. The van der Waals surface area contributed by atoms with Gasteiger partial charge in [-0.05, 0) is 24.3 Å². The van der Waals surface area contributed by atoms with Crippen molar-refractivity contribution in [3.05, 3.63) is 69.5 Å². The molecule has 1 fully saturated rings. The molecule has 0 radical (unpaired) electrons. The standard InChI is InChI=1S/C15H11F3NO6P/c16-11-5-6-12(17)15(18)14(11)13-7-8-23-26(22,25-13)24-10-3-1-9(2-4-10)19(20)21/h1-6,13H,7-8H2/t13-,26-/m0/s1. The molecule has 0 unspecified atom stereocenters. The van der Waals surface area contributed by atoms with Crippen molar-refractivity contribution in [3.63, 3.8) is 0 Å². The molecular weight excluding hydrogens is 378 g/mol. The Kier molecular flexibility index (Phi) is 4.99. The summed E-state index contributed by atoms with van der Waals surface area (Å²) in [6, 6.07) is 5.90. The van der Waals surface area contributed by atoms with E-state index in [0.29, 0.717) is 6.07 Å². The van der Waals surface area contributed by atoms with Gasteiger partial charge in [0, 0.05) is 18.6 Å². The van der Waals surface area contributed by atoms with Crippen molar-refractivity contribution in [2.24, 2.45) is 0 Å². The summed E-state index contributed by atoms with van der Waals surface area (Å²) in [7, 11) is -4.28. The van der Waals surface area contributed by atoms with Crippen LogP contribution in [-0.2, 0) is 13.6 Å². The smallest absolute Gasteiger partial charge is 0.404 e. The number of non-ortho nitro benzene ring substituents is 1. The lowest BCUT2D eigenvalue weighted by molar-refractivity contribution is -0.384. The van der Waals surface area contributed by atoms with E-state index in [1.165, 1.54) is 0 Å². The van der Waals surface area contributed by atoms with Crippen LogP contribution in [0.15, 0.2) is 36.4 Å². The Morgan fingerprint density at radius 3 is 2.42 bits per heavy atom. The number of halogens is 3. The van der Waals surface area contributed by atoms with Gasteiger partial charge in [0.25, 0.3) is 5.69 Å². The van der Waals surface area contributed by atoms with Crippen LogP contribution < -0.4 is 4.52 Å². The first kappa shape index (κ1) is 18.4. The highest BCUT2D eigenvalue weighted by Gasteiger charge is 2.40. The van der Waals surface area contributed by atoms with Crippen LogP contribution in [0, 0.1) is 27.6 Å². The minimum absolute atomic E-state index is 0.0697. The van der Waals surface area contributed by atoms with Gasteiger partial charge in [-0.3, -0.25) is 19.2 Å². The van der Waals surface area contributed by atoms with Crippen molar-refractivity contribution in [1.82, 2.24) is 0 Å². The Hall–Kier alpha value is -2.42. The Labute approximate surface area is 145 Å². The topological polar surface area (TPSA) is 87.9 Å². The molecule has 1 aliphatic rings. The lowest BCUT2D eigenvalue weighted by Crippen LogP contribution is -2.19. The Morgan fingerprint density at radius 2 is 1.77 bits per heavy atom. The number of phosphoric ester groups is 1. The molecular formula is C15H11F3NO6P. The first-order valence-corrected chi connectivity index (χ1v) is 8.75. The quantitative estimate of drug-likeness (QED) is 0.327. The number of nitro benzene ring substituents is 1. The summed E-state index contributed by atoms with van der Waals surface area (Å²) >= 11 is 0. The van der Waals surface area contributed by atoms with Gasteiger partial charge in [0.05, 0.1) is 17.1 Å². The van der Waals surface area contributed by atoms with Crippen LogP contribution in [0.4, 0.5) is 18.9 Å². The van der Waals surface area contributed by atoms with E-state index in [2.05, 4.69) is 0 Å². The fraction of sp³-hybridized carbons (Fsp3) is 0.200. The minimum Gasteiger partial charge on any atom is -0.404 e. The van der Waals surface area contributed by atoms with Gasteiger partial charge in [-0.25, -0.2) is 17.7 Å². The zero-order valence-corrected chi connectivity index (χ0v) is 13.8. The molecule has 0 aliphatic carbocycles. The summed E-state index contributed by atoms with van der Waals surface area (Å²) in [5.74, 6) is -3.85. The molecule has 0 aromatic heterocycles. The van der Waals surface area contributed by atoms with E-state index in [4.69, 9.17) is 13.6 Å². The molecule has 0 saturated carbocycles. The monoisotopic (exact) mass is 389 g/mol. The average Bonchev–Trinajstić information content (AvgIpc) is 2.59. The molecule has 0 bridgehead atoms. The van der Waals surface area contributed by atoms with Crippen LogP contribution in [0.5, 0.6) is 5.75 Å². The number of hydrogen-bond donors (Lipinski definition) is 0. The molecule has 26 heavy (non-hydrogen) atoms. The highest BCUT2D eigenvalue weighted by atomic mass is 31.2. The summed E-state index contributed by atoms with van der Waals surface area (Å²) in [6.45, 7) is -0.218. The van der Waals surface area contributed by atoms with Gasteiger partial charge < -0.3 is 4.52 Å². The largest absolute Gasteiger partial charge is 0.530 e. The summed E-state index contributed by atoms with van der Waals surface area (Å²) in [5.41, 5.74) is -0.927. The molecule has 0 amide bonds. The molecule has 1 heterocycles. The lowest BCUT2D eigenvalue weighted by Gasteiger charge is -2.29. The molecule has 1 aliphatic heterocycles. The van der Waals surface area contributed by atoms with Gasteiger partial charge in [-0.1, -0.05) is 0 Å². The van der Waals surface area contributed by atoms with Gasteiger partial charge in [0.1, 0.15) is 17.7 Å². The summed E-state index contributed by atoms with van der Waals surface area (Å²) in [4.78, 5) is 9.98. The lowest BCUT2D eigenvalue weighted by atomic mass is 10.1.